The first-order valence-corrected chi connectivity index (χ1v) is 8.93. The second kappa shape index (κ2) is 6.26. The zero-order valence-corrected chi connectivity index (χ0v) is 14.4. The fourth-order valence-corrected chi connectivity index (χ4v) is 3.92. The molecule has 1 aromatic carbocycles. The van der Waals surface area contributed by atoms with Crippen LogP contribution in [0.25, 0.3) is 10.2 Å². The quantitative estimate of drug-likeness (QED) is 0.673. The van der Waals surface area contributed by atoms with Gasteiger partial charge in [-0.1, -0.05) is 49.1 Å². The third kappa shape index (κ3) is 2.83. The number of aromatic nitrogens is 4. The minimum atomic E-state index is 0.0420. The molecule has 0 saturated carbocycles. The van der Waals surface area contributed by atoms with Crippen LogP contribution in [0.4, 0.5) is 0 Å². The summed E-state index contributed by atoms with van der Waals surface area (Å²) < 4.78 is 4.75. The van der Waals surface area contributed by atoms with Gasteiger partial charge in [0.2, 0.25) is 0 Å². The summed E-state index contributed by atoms with van der Waals surface area (Å²) in [6.07, 6.45) is 1.08. The van der Waals surface area contributed by atoms with Crippen molar-refractivity contribution in [2.24, 2.45) is 7.05 Å². The van der Waals surface area contributed by atoms with Crippen molar-refractivity contribution in [2.45, 2.75) is 37.2 Å². The lowest BCUT2D eigenvalue weighted by Gasteiger charge is -2.08. The third-order valence-corrected chi connectivity index (χ3v) is 5.94. The molecule has 0 aliphatic carbocycles. The Morgan fingerprint density at radius 2 is 2.09 bits per heavy atom. The first kappa shape index (κ1) is 15.3. The average molecular weight is 334 g/mol. The molecule has 0 saturated heterocycles. The molecule has 3 rings (SSSR count). The molecule has 2 heterocycles. The van der Waals surface area contributed by atoms with E-state index in [1.165, 1.54) is 11.3 Å². The lowest BCUT2D eigenvalue weighted by molar-refractivity contribution is 0.680. The Morgan fingerprint density at radius 1 is 1.32 bits per heavy atom. The van der Waals surface area contributed by atoms with Crippen LogP contribution in [0.15, 0.2) is 34.2 Å². The second-order valence-electron chi connectivity index (χ2n) is 5.22. The van der Waals surface area contributed by atoms with E-state index < -0.39 is 0 Å². The molecule has 1 atom stereocenters. The maximum atomic E-state index is 12.2. The van der Waals surface area contributed by atoms with Gasteiger partial charge in [0, 0.05) is 12.3 Å². The number of fused-ring (bicyclic) bond motifs is 1. The van der Waals surface area contributed by atoms with E-state index in [1.54, 1.807) is 16.3 Å². The summed E-state index contributed by atoms with van der Waals surface area (Å²) in [4.78, 5) is 12.2. The van der Waals surface area contributed by atoms with Crippen molar-refractivity contribution in [1.82, 2.24) is 19.3 Å². The number of hydrogen-bond acceptors (Lipinski definition) is 5. The van der Waals surface area contributed by atoms with Crippen molar-refractivity contribution < 1.29 is 0 Å². The van der Waals surface area contributed by atoms with Crippen LogP contribution in [-0.2, 0) is 13.6 Å². The van der Waals surface area contributed by atoms with Crippen LogP contribution in [0.5, 0.6) is 0 Å². The topological polar surface area (TPSA) is 52.7 Å². The maximum Gasteiger partial charge on any atom is 0.308 e. The van der Waals surface area contributed by atoms with Gasteiger partial charge in [0.05, 0.1) is 16.8 Å². The van der Waals surface area contributed by atoms with Crippen LogP contribution < -0.4 is 4.87 Å². The van der Waals surface area contributed by atoms with Gasteiger partial charge < -0.3 is 4.57 Å². The van der Waals surface area contributed by atoms with Gasteiger partial charge in [-0.05, 0) is 18.6 Å². The first-order valence-electron chi connectivity index (χ1n) is 7.23. The molecule has 0 radical (unpaired) electrons. The van der Waals surface area contributed by atoms with Crippen molar-refractivity contribution in [3.05, 3.63) is 39.8 Å². The Bertz CT molecular complexity index is 849. The summed E-state index contributed by atoms with van der Waals surface area (Å²) in [6, 6.07) is 7.84. The van der Waals surface area contributed by atoms with Crippen molar-refractivity contribution in [1.29, 1.82) is 0 Å². The van der Waals surface area contributed by atoms with Crippen LogP contribution in [0.3, 0.4) is 0 Å². The Labute approximate surface area is 137 Å². The van der Waals surface area contributed by atoms with Gasteiger partial charge in [-0.25, -0.2) is 0 Å². The molecule has 22 heavy (non-hydrogen) atoms. The largest absolute Gasteiger partial charge is 0.308 e. The molecule has 0 spiro atoms. The monoisotopic (exact) mass is 334 g/mol. The number of benzene rings is 1. The smallest absolute Gasteiger partial charge is 0.308 e. The van der Waals surface area contributed by atoms with Crippen molar-refractivity contribution in [3.63, 3.8) is 0 Å². The molecule has 3 aromatic rings. The molecule has 0 bridgehead atoms. The van der Waals surface area contributed by atoms with Gasteiger partial charge in [0.25, 0.3) is 0 Å². The SMILES string of the molecule is CC[C@H](C)Sc1nnc(Cn2c(=O)sc3ccccc32)n1C. The van der Waals surface area contributed by atoms with Crippen LogP contribution in [-0.4, -0.2) is 24.6 Å². The van der Waals surface area contributed by atoms with Gasteiger partial charge in [-0.3, -0.25) is 9.36 Å². The summed E-state index contributed by atoms with van der Waals surface area (Å²) in [5, 5.41) is 9.92. The zero-order valence-electron chi connectivity index (χ0n) is 12.8. The van der Waals surface area contributed by atoms with Crippen molar-refractivity contribution in [3.8, 4) is 0 Å². The van der Waals surface area contributed by atoms with E-state index in [9.17, 15) is 4.79 Å². The van der Waals surface area contributed by atoms with Crippen LogP contribution in [0.2, 0.25) is 0 Å². The standard InChI is InChI=1S/C15H18N4OS2/c1-4-10(2)21-14-17-16-13(18(14)3)9-19-11-7-5-6-8-12(11)22-15(19)20/h5-8,10H,4,9H2,1-3H3/t10-/m0/s1. The molecular weight excluding hydrogens is 316 g/mol. The van der Waals surface area contributed by atoms with Crippen molar-refractivity contribution >= 4 is 33.3 Å². The highest BCUT2D eigenvalue weighted by molar-refractivity contribution is 7.99. The minimum Gasteiger partial charge on any atom is -0.308 e. The van der Waals surface area contributed by atoms with E-state index >= 15 is 0 Å². The van der Waals surface area contributed by atoms with Crippen LogP contribution >= 0.6 is 23.1 Å². The minimum absolute atomic E-state index is 0.0420. The normalized spacial score (nSPS) is 12.9. The molecular formula is C15H18N4OS2. The molecule has 7 heteroatoms. The lowest BCUT2D eigenvalue weighted by Crippen LogP contribution is -2.16. The highest BCUT2D eigenvalue weighted by Crippen LogP contribution is 2.24. The molecule has 0 amide bonds. The molecule has 0 N–H and O–H groups in total. The van der Waals surface area contributed by atoms with Gasteiger partial charge in [0.1, 0.15) is 0 Å². The average Bonchev–Trinajstić information content (AvgIpc) is 3.02. The van der Waals surface area contributed by atoms with Crippen LogP contribution in [0.1, 0.15) is 26.1 Å². The molecule has 0 unspecified atom stereocenters. The van der Waals surface area contributed by atoms with E-state index in [0.717, 1.165) is 27.6 Å². The van der Waals surface area contributed by atoms with E-state index in [-0.39, 0.29) is 4.87 Å². The zero-order chi connectivity index (χ0) is 15.7. The van der Waals surface area contributed by atoms with Gasteiger partial charge in [-0.2, -0.15) is 0 Å². The number of thiazole rings is 1. The highest BCUT2D eigenvalue weighted by Gasteiger charge is 2.14. The summed E-state index contributed by atoms with van der Waals surface area (Å²) in [5.74, 6) is 0.802. The first-order chi connectivity index (χ1) is 10.6. The Balaban J connectivity index is 1.93. The molecule has 0 aliphatic rings. The fourth-order valence-electron chi connectivity index (χ4n) is 2.15. The Morgan fingerprint density at radius 3 is 2.86 bits per heavy atom. The summed E-state index contributed by atoms with van der Waals surface area (Å²) in [7, 11) is 1.96. The number of para-hydroxylation sites is 1. The predicted octanol–water partition coefficient (Wildman–Crippen LogP) is 3.13. The maximum absolute atomic E-state index is 12.2. The number of nitrogens with zero attached hydrogens (tertiary/aromatic N) is 4. The summed E-state index contributed by atoms with van der Waals surface area (Å²) >= 11 is 2.99. The molecule has 2 aromatic heterocycles. The fraction of sp³-hybridized carbons (Fsp3) is 0.400. The van der Waals surface area contributed by atoms with Crippen LogP contribution in [0, 0.1) is 0 Å². The molecule has 116 valence electrons. The molecule has 5 nitrogen and oxygen atoms in total. The second-order valence-corrected chi connectivity index (χ2v) is 7.62. The number of rotatable bonds is 5. The van der Waals surface area contributed by atoms with E-state index in [4.69, 9.17) is 0 Å². The van der Waals surface area contributed by atoms with Gasteiger partial charge in [-0.15, -0.1) is 10.2 Å². The predicted molar refractivity (Wildman–Crippen MR) is 91.8 cm³/mol. The highest BCUT2D eigenvalue weighted by atomic mass is 32.2. The van der Waals surface area contributed by atoms with Gasteiger partial charge >= 0.3 is 4.87 Å². The molecule has 0 aliphatic heterocycles. The van der Waals surface area contributed by atoms with E-state index in [0.29, 0.717) is 11.8 Å². The van der Waals surface area contributed by atoms with Gasteiger partial charge in [0.15, 0.2) is 11.0 Å². The third-order valence-electron chi connectivity index (χ3n) is 3.68. The molecule has 0 fully saturated rings. The van der Waals surface area contributed by atoms with Crippen molar-refractivity contribution in [2.75, 3.05) is 0 Å². The summed E-state index contributed by atoms with van der Waals surface area (Å²) in [6.45, 7) is 4.79. The van der Waals surface area contributed by atoms with E-state index in [1.807, 2.05) is 35.9 Å². The Kier molecular flexibility index (Phi) is 4.35. The van der Waals surface area contributed by atoms with E-state index in [2.05, 4.69) is 24.0 Å². The summed E-state index contributed by atoms with van der Waals surface area (Å²) in [5.41, 5.74) is 0.955. The number of hydrogen-bond donors (Lipinski definition) is 0. The Hall–Kier alpha value is -1.60. The number of thioether (sulfide) groups is 1. The lowest BCUT2D eigenvalue weighted by atomic mass is 10.3.